The van der Waals surface area contributed by atoms with Crippen LogP contribution in [0.1, 0.15) is 19.8 Å². The van der Waals surface area contributed by atoms with E-state index in [1.807, 2.05) is 0 Å². The van der Waals surface area contributed by atoms with Gasteiger partial charge in [0.1, 0.15) is 5.75 Å². The molecule has 0 aromatic heterocycles. The summed E-state index contributed by atoms with van der Waals surface area (Å²) in [4.78, 5) is 33.0. The van der Waals surface area contributed by atoms with Crippen molar-refractivity contribution in [2.75, 3.05) is 13.2 Å². The summed E-state index contributed by atoms with van der Waals surface area (Å²) in [5, 5.41) is 10.5. The number of rotatable bonds is 7. The first kappa shape index (κ1) is 17.9. The maximum absolute atomic E-state index is 13.4. The van der Waals surface area contributed by atoms with Crippen LogP contribution in [0.25, 0.3) is 0 Å². The first-order valence-corrected chi connectivity index (χ1v) is 7.32. The van der Waals surface area contributed by atoms with Gasteiger partial charge in [0.15, 0.2) is 6.61 Å². The molecule has 1 aromatic carbocycles. The van der Waals surface area contributed by atoms with Crippen molar-refractivity contribution in [1.82, 2.24) is 0 Å². The van der Waals surface area contributed by atoms with Crippen molar-refractivity contribution in [1.29, 1.82) is 0 Å². The molecular weight excluding hydrogens is 349 g/mol. The van der Waals surface area contributed by atoms with Crippen LogP contribution >= 0.6 is 11.6 Å². The minimum atomic E-state index is -1.39. The van der Waals surface area contributed by atoms with Gasteiger partial charge in [-0.2, -0.15) is 4.39 Å². The summed E-state index contributed by atoms with van der Waals surface area (Å²) in [5.74, 6) is -2.86. The maximum Gasteiger partial charge on any atom is 0.351 e. The molecule has 0 atom stereocenters. The SMILES string of the molecule is CCOC(=O)COC(=O)C1(Oc2cc([N+](=O)[O-])c(F)cc2Cl)CC1. The van der Waals surface area contributed by atoms with Crippen LogP contribution in [0.2, 0.25) is 5.02 Å². The molecule has 1 fully saturated rings. The lowest BCUT2D eigenvalue weighted by Crippen LogP contribution is -2.33. The van der Waals surface area contributed by atoms with Crippen LogP contribution in [-0.2, 0) is 19.1 Å². The molecule has 0 heterocycles. The molecule has 0 unspecified atom stereocenters. The number of halogens is 2. The van der Waals surface area contributed by atoms with Gasteiger partial charge >= 0.3 is 17.6 Å². The average Bonchev–Trinajstić information content (AvgIpc) is 3.28. The summed E-state index contributed by atoms with van der Waals surface area (Å²) < 4.78 is 28.3. The highest BCUT2D eigenvalue weighted by atomic mass is 35.5. The van der Waals surface area contributed by atoms with Crippen molar-refractivity contribution < 1.29 is 33.1 Å². The van der Waals surface area contributed by atoms with E-state index in [4.69, 9.17) is 21.1 Å². The Hall–Kier alpha value is -2.42. The van der Waals surface area contributed by atoms with Crippen molar-refractivity contribution in [3.05, 3.63) is 33.1 Å². The highest BCUT2D eigenvalue weighted by Gasteiger charge is 2.55. The Morgan fingerprint density at radius 3 is 2.58 bits per heavy atom. The number of nitro benzene ring substituents is 1. The molecule has 130 valence electrons. The summed E-state index contributed by atoms with van der Waals surface area (Å²) in [6.07, 6.45) is 0.548. The third kappa shape index (κ3) is 3.91. The van der Waals surface area contributed by atoms with Gasteiger partial charge in [0.05, 0.1) is 22.6 Å². The fourth-order valence-electron chi connectivity index (χ4n) is 1.87. The highest BCUT2D eigenvalue weighted by Crippen LogP contribution is 2.44. The van der Waals surface area contributed by atoms with Gasteiger partial charge in [0.2, 0.25) is 11.4 Å². The molecule has 24 heavy (non-hydrogen) atoms. The van der Waals surface area contributed by atoms with Crippen LogP contribution in [0.5, 0.6) is 5.75 Å². The number of hydrogen-bond donors (Lipinski definition) is 0. The molecule has 1 aliphatic carbocycles. The monoisotopic (exact) mass is 361 g/mol. The molecule has 0 saturated heterocycles. The molecule has 0 bridgehead atoms. The standard InChI is InChI=1S/C14H13ClFNO7/c1-2-22-12(18)7-23-13(19)14(3-4-14)24-11-6-10(17(20)21)9(16)5-8(11)15/h5-6H,2-4,7H2,1H3. The van der Waals surface area contributed by atoms with Crippen LogP contribution < -0.4 is 4.74 Å². The van der Waals surface area contributed by atoms with Crippen LogP contribution in [0.4, 0.5) is 10.1 Å². The van der Waals surface area contributed by atoms with E-state index in [0.29, 0.717) is 0 Å². The molecular formula is C14H13ClFNO7. The van der Waals surface area contributed by atoms with Crippen molar-refractivity contribution >= 4 is 29.2 Å². The fourth-order valence-corrected chi connectivity index (χ4v) is 2.06. The number of carbonyl (C=O) groups is 2. The van der Waals surface area contributed by atoms with Crippen LogP contribution in [0.15, 0.2) is 12.1 Å². The van der Waals surface area contributed by atoms with E-state index in [0.717, 1.165) is 12.1 Å². The quantitative estimate of drug-likeness (QED) is 0.417. The average molecular weight is 362 g/mol. The molecule has 2 rings (SSSR count). The van der Waals surface area contributed by atoms with Gasteiger partial charge in [-0.15, -0.1) is 0 Å². The number of benzene rings is 1. The fraction of sp³-hybridized carbons (Fsp3) is 0.429. The molecule has 0 amide bonds. The van der Waals surface area contributed by atoms with E-state index in [2.05, 4.69) is 4.74 Å². The molecule has 0 spiro atoms. The summed E-state index contributed by atoms with van der Waals surface area (Å²) in [6, 6.07) is 1.53. The van der Waals surface area contributed by atoms with Crippen LogP contribution in [0, 0.1) is 15.9 Å². The minimum absolute atomic E-state index is 0.146. The van der Waals surface area contributed by atoms with Crippen LogP contribution in [0.3, 0.4) is 0 Å². The first-order valence-electron chi connectivity index (χ1n) is 6.94. The first-order chi connectivity index (χ1) is 11.3. The number of carbonyl (C=O) groups excluding carboxylic acids is 2. The Morgan fingerprint density at radius 1 is 1.38 bits per heavy atom. The number of hydrogen-bond acceptors (Lipinski definition) is 7. The Bertz CT molecular complexity index is 690. The molecule has 1 saturated carbocycles. The Balaban J connectivity index is 2.10. The Labute approximate surface area is 140 Å². The third-order valence-corrected chi connectivity index (χ3v) is 3.50. The number of esters is 2. The Kier molecular flexibility index (Phi) is 5.23. The van der Waals surface area contributed by atoms with Crippen LogP contribution in [-0.4, -0.2) is 35.7 Å². The summed E-state index contributed by atoms with van der Waals surface area (Å²) >= 11 is 5.80. The van der Waals surface area contributed by atoms with E-state index in [1.54, 1.807) is 6.92 Å². The van der Waals surface area contributed by atoms with E-state index in [9.17, 15) is 24.1 Å². The number of ether oxygens (including phenoxy) is 3. The largest absolute Gasteiger partial charge is 0.474 e. The molecule has 1 aromatic rings. The molecule has 1 aliphatic rings. The predicted octanol–water partition coefficient (Wildman–Crippen LogP) is 2.41. The van der Waals surface area contributed by atoms with Crippen molar-refractivity contribution in [2.24, 2.45) is 0 Å². The normalized spacial score (nSPS) is 14.6. The lowest BCUT2D eigenvalue weighted by molar-refractivity contribution is -0.387. The Morgan fingerprint density at radius 2 is 2.04 bits per heavy atom. The molecule has 0 radical (unpaired) electrons. The number of nitro groups is 1. The van der Waals surface area contributed by atoms with Crippen molar-refractivity contribution in [3.63, 3.8) is 0 Å². The van der Waals surface area contributed by atoms with E-state index >= 15 is 0 Å². The zero-order chi connectivity index (χ0) is 17.9. The van der Waals surface area contributed by atoms with E-state index < -0.39 is 40.6 Å². The molecule has 8 nitrogen and oxygen atoms in total. The molecule has 10 heteroatoms. The van der Waals surface area contributed by atoms with Gasteiger partial charge in [0, 0.05) is 18.9 Å². The lowest BCUT2D eigenvalue weighted by atomic mass is 10.2. The molecule has 0 aliphatic heterocycles. The van der Waals surface area contributed by atoms with Gasteiger partial charge in [-0.1, -0.05) is 11.6 Å². The topological polar surface area (TPSA) is 105 Å². The smallest absolute Gasteiger partial charge is 0.351 e. The zero-order valence-electron chi connectivity index (χ0n) is 12.5. The summed E-state index contributed by atoms with van der Waals surface area (Å²) in [6.45, 7) is 1.18. The predicted molar refractivity (Wildman–Crippen MR) is 78.2 cm³/mol. The highest BCUT2D eigenvalue weighted by molar-refractivity contribution is 6.32. The zero-order valence-corrected chi connectivity index (χ0v) is 13.3. The van der Waals surface area contributed by atoms with Gasteiger partial charge in [0.25, 0.3) is 0 Å². The second-order valence-corrected chi connectivity index (χ2v) is 5.38. The van der Waals surface area contributed by atoms with Gasteiger partial charge < -0.3 is 14.2 Å². The maximum atomic E-state index is 13.4. The summed E-state index contributed by atoms with van der Waals surface area (Å²) in [7, 11) is 0. The number of nitrogens with zero attached hydrogens (tertiary/aromatic N) is 1. The van der Waals surface area contributed by atoms with Crippen molar-refractivity contribution in [3.8, 4) is 5.75 Å². The summed E-state index contributed by atoms with van der Waals surface area (Å²) in [5.41, 5.74) is -2.22. The van der Waals surface area contributed by atoms with E-state index in [1.165, 1.54) is 0 Å². The molecule has 0 N–H and O–H groups in total. The third-order valence-electron chi connectivity index (χ3n) is 3.21. The van der Waals surface area contributed by atoms with Crippen molar-refractivity contribution in [2.45, 2.75) is 25.4 Å². The second kappa shape index (κ2) is 7.00. The minimum Gasteiger partial charge on any atom is -0.474 e. The lowest BCUT2D eigenvalue weighted by Gasteiger charge is -2.17. The van der Waals surface area contributed by atoms with Gasteiger partial charge in [-0.05, 0) is 6.92 Å². The van der Waals surface area contributed by atoms with Gasteiger partial charge in [-0.25, -0.2) is 9.59 Å². The van der Waals surface area contributed by atoms with E-state index in [-0.39, 0.29) is 30.2 Å². The second-order valence-electron chi connectivity index (χ2n) is 4.97. The van der Waals surface area contributed by atoms with Gasteiger partial charge in [-0.3, -0.25) is 10.1 Å².